The molecule has 0 aliphatic rings. The molecule has 0 fully saturated rings. The molecule has 0 aliphatic heterocycles. The first-order valence-electron chi connectivity index (χ1n) is 4.29. The number of hydrogen-bond donors (Lipinski definition) is 2. The fourth-order valence-electron chi connectivity index (χ4n) is 0.720. The molecular formula is C8H19N3O. The van der Waals surface area contributed by atoms with E-state index in [1.807, 2.05) is 25.9 Å². The summed E-state index contributed by atoms with van der Waals surface area (Å²) < 4.78 is 0. The van der Waals surface area contributed by atoms with Crippen LogP contribution in [-0.4, -0.2) is 51.1 Å². The molecule has 4 heteroatoms. The predicted octanol–water partition coefficient (Wildman–Crippen LogP) is -0.726. The van der Waals surface area contributed by atoms with Gasteiger partial charge in [-0.15, -0.1) is 0 Å². The Labute approximate surface area is 74.3 Å². The fraction of sp³-hybridized carbons (Fsp3) is 0.875. The number of hydrogen-bond acceptors (Lipinski definition) is 3. The van der Waals surface area contributed by atoms with Crippen molar-refractivity contribution in [1.29, 1.82) is 0 Å². The summed E-state index contributed by atoms with van der Waals surface area (Å²) in [5.74, 6) is 0.0682. The van der Waals surface area contributed by atoms with Crippen LogP contribution in [-0.2, 0) is 4.79 Å². The van der Waals surface area contributed by atoms with Gasteiger partial charge in [-0.2, -0.15) is 0 Å². The molecule has 0 bridgehead atoms. The maximum Gasteiger partial charge on any atom is 0.234 e. The Morgan fingerprint density at radius 1 is 1.42 bits per heavy atom. The van der Waals surface area contributed by atoms with Gasteiger partial charge in [0, 0.05) is 13.1 Å². The van der Waals surface area contributed by atoms with Crippen molar-refractivity contribution in [3.63, 3.8) is 0 Å². The fourth-order valence-corrected chi connectivity index (χ4v) is 0.720. The van der Waals surface area contributed by atoms with Crippen molar-refractivity contribution in [3.05, 3.63) is 0 Å². The van der Waals surface area contributed by atoms with Crippen molar-refractivity contribution in [3.8, 4) is 0 Å². The second-order valence-electron chi connectivity index (χ2n) is 2.93. The van der Waals surface area contributed by atoms with E-state index >= 15 is 0 Å². The zero-order valence-corrected chi connectivity index (χ0v) is 8.18. The summed E-state index contributed by atoms with van der Waals surface area (Å²) in [6, 6.07) is 0. The lowest BCUT2D eigenvalue weighted by molar-refractivity contribution is -0.120. The summed E-state index contributed by atoms with van der Waals surface area (Å²) in [6.45, 7) is 4.84. The molecule has 4 nitrogen and oxygen atoms in total. The van der Waals surface area contributed by atoms with Gasteiger partial charge >= 0.3 is 0 Å². The zero-order chi connectivity index (χ0) is 9.40. The highest BCUT2D eigenvalue weighted by molar-refractivity contribution is 5.77. The molecule has 0 aromatic carbocycles. The Balaban J connectivity index is 3.20. The molecular weight excluding hydrogens is 154 g/mol. The van der Waals surface area contributed by atoms with E-state index in [1.165, 1.54) is 0 Å². The van der Waals surface area contributed by atoms with Gasteiger partial charge in [0.25, 0.3) is 0 Å². The lowest BCUT2D eigenvalue weighted by Gasteiger charge is -2.10. The normalized spacial score (nSPS) is 10.3. The Bertz CT molecular complexity index is 125. The Kier molecular flexibility index (Phi) is 6.70. The number of likely N-dealkylation sites (N-methyl/N-ethyl adjacent to an activating group) is 2. The summed E-state index contributed by atoms with van der Waals surface area (Å²) >= 11 is 0. The van der Waals surface area contributed by atoms with Crippen molar-refractivity contribution in [2.75, 3.05) is 40.3 Å². The first-order valence-corrected chi connectivity index (χ1v) is 4.29. The number of nitrogens with one attached hydrogen (secondary N) is 2. The zero-order valence-electron chi connectivity index (χ0n) is 8.18. The minimum absolute atomic E-state index is 0.0682. The quantitative estimate of drug-likeness (QED) is 0.557. The van der Waals surface area contributed by atoms with Crippen molar-refractivity contribution in [2.45, 2.75) is 6.92 Å². The van der Waals surface area contributed by atoms with Gasteiger partial charge in [0.1, 0.15) is 0 Å². The number of carbonyl (C=O) groups excluding carboxylic acids is 1. The molecule has 0 aromatic rings. The Morgan fingerprint density at radius 2 is 2.08 bits per heavy atom. The lowest BCUT2D eigenvalue weighted by Crippen LogP contribution is -2.37. The Hall–Kier alpha value is -0.610. The second kappa shape index (κ2) is 7.06. The van der Waals surface area contributed by atoms with Gasteiger partial charge in [0.05, 0.1) is 6.54 Å². The van der Waals surface area contributed by atoms with Crippen LogP contribution in [0.4, 0.5) is 0 Å². The van der Waals surface area contributed by atoms with Crippen LogP contribution >= 0.6 is 0 Å². The minimum Gasteiger partial charge on any atom is -0.354 e. The largest absolute Gasteiger partial charge is 0.354 e. The monoisotopic (exact) mass is 173 g/mol. The second-order valence-corrected chi connectivity index (χ2v) is 2.93. The highest BCUT2D eigenvalue weighted by atomic mass is 16.1. The van der Waals surface area contributed by atoms with Gasteiger partial charge in [0.15, 0.2) is 0 Å². The highest BCUT2D eigenvalue weighted by Crippen LogP contribution is 1.71. The molecule has 1 amide bonds. The molecule has 0 saturated carbocycles. The summed E-state index contributed by atoms with van der Waals surface area (Å²) in [6.07, 6.45) is 0. The average molecular weight is 173 g/mol. The molecule has 0 rings (SSSR count). The van der Waals surface area contributed by atoms with E-state index in [-0.39, 0.29) is 5.91 Å². The third-order valence-corrected chi connectivity index (χ3v) is 1.42. The molecule has 0 atom stereocenters. The molecule has 0 heterocycles. The van der Waals surface area contributed by atoms with Crippen molar-refractivity contribution in [2.24, 2.45) is 0 Å². The van der Waals surface area contributed by atoms with E-state index in [9.17, 15) is 4.79 Å². The highest BCUT2D eigenvalue weighted by Gasteiger charge is 1.97. The Morgan fingerprint density at radius 3 is 2.58 bits per heavy atom. The summed E-state index contributed by atoms with van der Waals surface area (Å²) in [5.41, 5.74) is 0. The molecule has 0 saturated heterocycles. The lowest BCUT2D eigenvalue weighted by atomic mass is 10.5. The summed E-state index contributed by atoms with van der Waals surface area (Å²) in [5, 5.41) is 5.77. The van der Waals surface area contributed by atoms with Crippen molar-refractivity contribution in [1.82, 2.24) is 15.5 Å². The van der Waals surface area contributed by atoms with Gasteiger partial charge in [-0.05, 0) is 20.6 Å². The third kappa shape index (κ3) is 7.50. The van der Waals surface area contributed by atoms with Crippen LogP contribution < -0.4 is 10.6 Å². The van der Waals surface area contributed by atoms with Gasteiger partial charge in [-0.3, -0.25) is 4.79 Å². The summed E-state index contributed by atoms with van der Waals surface area (Å²) in [4.78, 5) is 13.0. The minimum atomic E-state index is 0.0682. The number of carbonyl (C=O) groups is 1. The van der Waals surface area contributed by atoms with Crippen molar-refractivity contribution >= 4 is 5.91 Å². The average Bonchev–Trinajstić information content (AvgIpc) is 2.00. The van der Waals surface area contributed by atoms with Crippen LogP contribution in [0.5, 0.6) is 0 Å². The molecule has 72 valence electrons. The SMILES string of the molecule is CCNCC(=O)NCCN(C)C. The number of rotatable bonds is 6. The topological polar surface area (TPSA) is 44.4 Å². The van der Waals surface area contributed by atoms with Gasteiger partial charge in [0.2, 0.25) is 5.91 Å². The van der Waals surface area contributed by atoms with E-state index in [4.69, 9.17) is 0 Å². The predicted molar refractivity (Wildman–Crippen MR) is 50.1 cm³/mol. The van der Waals surface area contributed by atoms with E-state index in [0.717, 1.165) is 19.6 Å². The van der Waals surface area contributed by atoms with Crippen LogP contribution in [0.3, 0.4) is 0 Å². The maximum absolute atomic E-state index is 11.0. The molecule has 0 radical (unpaired) electrons. The van der Waals surface area contributed by atoms with Gasteiger partial charge in [-0.1, -0.05) is 6.92 Å². The molecule has 0 unspecified atom stereocenters. The van der Waals surface area contributed by atoms with Crippen LogP contribution in [0.15, 0.2) is 0 Å². The molecule has 0 spiro atoms. The van der Waals surface area contributed by atoms with E-state index in [2.05, 4.69) is 10.6 Å². The van der Waals surface area contributed by atoms with Gasteiger partial charge < -0.3 is 15.5 Å². The van der Waals surface area contributed by atoms with Crippen molar-refractivity contribution < 1.29 is 4.79 Å². The summed E-state index contributed by atoms with van der Waals surface area (Å²) in [7, 11) is 3.97. The van der Waals surface area contributed by atoms with Gasteiger partial charge in [-0.25, -0.2) is 0 Å². The molecule has 2 N–H and O–H groups in total. The van der Waals surface area contributed by atoms with E-state index in [0.29, 0.717) is 6.54 Å². The molecule has 12 heavy (non-hydrogen) atoms. The van der Waals surface area contributed by atoms with E-state index in [1.54, 1.807) is 0 Å². The smallest absolute Gasteiger partial charge is 0.234 e. The standard InChI is InChI=1S/C8H19N3O/c1-4-9-7-8(12)10-5-6-11(2)3/h9H,4-7H2,1-3H3,(H,10,12). The number of nitrogens with zero attached hydrogens (tertiary/aromatic N) is 1. The van der Waals surface area contributed by atoms with Crippen LogP contribution in [0.2, 0.25) is 0 Å². The van der Waals surface area contributed by atoms with Crippen LogP contribution in [0.1, 0.15) is 6.92 Å². The van der Waals surface area contributed by atoms with Crippen LogP contribution in [0.25, 0.3) is 0 Å². The molecule has 0 aliphatic carbocycles. The number of amides is 1. The first kappa shape index (κ1) is 11.4. The third-order valence-electron chi connectivity index (χ3n) is 1.42. The molecule has 0 aromatic heterocycles. The maximum atomic E-state index is 11.0. The van der Waals surface area contributed by atoms with E-state index < -0.39 is 0 Å². The van der Waals surface area contributed by atoms with Crippen LogP contribution in [0, 0.1) is 0 Å². The first-order chi connectivity index (χ1) is 5.66.